The summed E-state index contributed by atoms with van der Waals surface area (Å²) in [6.07, 6.45) is 1.78. The highest BCUT2D eigenvalue weighted by Crippen LogP contribution is 2.13. The smallest absolute Gasteiger partial charge is 0.182 e. The molecule has 72 valence electrons. The van der Waals surface area contributed by atoms with Crippen molar-refractivity contribution in [2.45, 2.75) is 6.92 Å². The highest BCUT2D eigenvalue weighted by molar-refractivity contribution is 7.71. The Bertz CT molecular complexity index is 513. The summed E-state index contributed by atoms with van der Waals surface area (Å²) >= 11 is 5.06. The van der Waals surface area contributed by atoms with Gasteiger partial charge in [0, 0.05) is 11.9 Å². The third kappa shape index (κ3) is 1.48. The van der Waals surface area contributed by atoms with E-state index in [4.69, 9.17) is 12.2 Å². The number of aromatic nitrogens is 2. The molecule has 4 heteroatoms. The monoisotopic (exact) mass is 208 g/mol. The van der Waals surface area contributed by atoms with Gasteiger partial charge in [0.15, 0.2) is 4.77 Å². The predicted octanol–water partition coefficient (Wildman–Crippen LogP) is 2.98. The number of hydrogen-bond donors (Lipinski definition) is 1. The summed E-state index contributed by atoms with van der Waals surface area (Å²) < 4.78 is 15.5. The zero-order valence-electron chi connectivity index (χ0n) is 7.62. The van der Waals surface area contributed by atoms with Crippen molar-refractivity contribution in [3.05, 3.63) is 46.7 Å². The minimum absolute atomic E-state index is 0.275. The minimum Gasteiger partial charge on any atom is -0.335 e. The molecule has 2 nitrogen and oxygen atoms in total. The fourth-order valence-electron chi connectivity index (χ4n) is 1.34. The number of H-pyrrole nitrogens is 1. The van der Waals surface area contributed by atoms with Crippen molar-refractivity contribution in [2.24, 2.45) is 0 Å². The average molecular weight is 208 g/mol. The van der Waals surface area contributed by atoms with Gasteiger partial charge in [0.05, 0.1) is 5.69 Å². The Morgan fingerprint density at radius 1 is 1.36 bits per heavy atom. The second-order valence-electron chi connectivity index (χ2n) is 3.06. The second-order valence-corrected chi connectivity index (χ2v) is 3.45. The molecule has 0 fully saturated rings. The van der Waals surface area contributed by atoms with Gasteiger partial charge >= 0.3 is 0 Å². The molecule has 2 rings (SSSR count). The summed E-state index contributed by atoms with van der Waals surface area (Å²) in [6.45, 7) is 1.88. The van der Waals surface area contributed by atoms with E-state index in [-0.39, 0.29) is 5.82 Å². The molecule has 0 spiro atoms. The van der Waals surface area contributed by atoms with Crippen molar-refractivity contribution < 1.29 is 4.39 Å². The Hall–Kier alpha value is -1.42. The van der Waals surface area contributed by atoms with E-state index in [1.165, 1.54) is 6.07 Å². The highest BCUT2D eigenvalue weighted by Gasteiger charge is 2.04. The van der Waals surface area contributed by atoms with Gasteiger partial charge in [0.25, 0.3) is 0 Å². The fourth-order valence-corrected chi connectivity index (χ4v) is 1.65. The lowest BCUT2D eigenvalue weighted by molar-refractivity contribution is 0.617. The Labute approximate surface area is 86.0 Å². The van der Waals surface area contributed by atoms with E-state index < -0.39 is 0 Å². The zero-order chi connectivity index (χ0) is 10.1. The Balaban J connectivity index is 2.66. The van der Waals surface area contributed by atoms with Gasteiger partial charge in [-0.2, -0.15) is 0 Å². The molecule has 0 amide bonds. The zero-order valence-corrected chi connectivity index (χ0v) is 8.44. The van der Waals surface area contributed by atoms with Crippen LogP contribution in [-0.2, 0) is 0 Å². The normalized spacial score (nSPS) is 10.4. The van der Waals surface area contributed by atoms with Gasteiger partial charge < -0.3 is 4.98 Å². The van der Waals surface area contributed by atoms with Crippen molar-refractivity contribution in [1.82, 2.24) is 9.55 Å². The SMILES string of the molecule is Cc1cn(-c2ccccc2F)c(=S)[nH]1. The van der Waals surface area contributed by atoms with E-state index in [0.717, 1.165) is 5.69 Å². The van der Waals surface area contributed by atoms with Crippen LogP contribution in [0.4, 0.5) is 4.39 Å². The maximum absolute atomic E-state index is 13.4. The van der Waals surface area contributed by atoms with E-state index in [9.17, 15) is 4.39 Å². The number of benzene rings is 1. The predicted molar refractivity (Wildman–Crippen MR) is 55.6 cm³/mol. The molecule has 14 heavy (non-hydrogen) atoms. The summed E-state index contributed by atoms with van der Waals surface area (Å²) in [6, 6.07) is 6.54. The van der Waals surface area contributed by atoms with E-state index in [1.807, 2.05) is 6.92 Å². The molecule has 1 heterocycles. The average Bonchev–Trinajstić information content (AvgIpc) is 2.46. The molecule has 0 bridgehead atoms. The van der Waals surface area contributed by atoms with Gasteiger partial charge in [0.2, 0.25) is 0 Å². The topological polar surface area (TPSA) is 20.7 Å². The lowest BCUT2D eigenvalue weighted by Gasteiger charge is -2.02. The largest absolute Gasteiger partial charge is 0.335 e. The van der Waals surface area contributed by atoms with Crippen molar-refractivity contribution in [3.8, 4) is 5.69 Å². The maximum Gasteiger partial charge on any atom is 0.182 e. The molecule has 0 unspecified atom stereocenters. The number of rotatable bonds is 1. The van der Waals surface area contributed by atoms with Gasteiger partial charge in [-0.15, -0.1) is 0 Å². The Morgan fingerprint density at radius 2 is 2.07 bits per heavy atom. The van der Waals surface area contributed by atoms with Gasteiger partial charge in [-0.05, 0) is 31.3 Å². The number of halogens is 1. The summed E-state index contributed by atoms with van der Waals surface area (Å²) in [5, 5.41) is 0. The molecule has 2 aromatic rings. The maximum atomic E-state index is 13.4. The van der Waals surface area contributed by atoms with Gasteiger partial charge in [0.1, 0.15) is 5.82 Å². The molecule has 0 aliphatic heterocycles. The fraction of sp³-hybridized carbons (Fsp3) is 0.100. The lowest BCUT2D eigenvalue weighted by Crippen LogP contribution is -1.95. The standard InChI is InChI=1S/C10H9FN2S/c1-7-6-13(10(14)12-7)9-5-3-2-4-8(9)11/h2-6H,1H3,(H,12,14). The van der Waals surface area contributed by atoms with Gasteiger partial charge in [-0.1, -0.05) is 12.1 Å². The summed E-state index contributed by atoms with van der Waals surface area (Å²) in [7, 11) is 0. The molecule has 0 aliphatic rings. The molecule has 1 aromatic carbocycles. The molecular weight excluding hydrogens is 199 g/mol. The molecular formula is C10H9FN2S. The van der Waals surface area contributed by atoms with Crippen LogP contribution in [0.3, 0.4) is 0 Å². The first kappa shape index (κ1) is 9.15. The number of hydrogen-bond acceptors (Lipinski definition) is 1. The summed E-state index contributed by atoms with van der Waals surface area (Å²) in [4.78, 5) is 2.94. The van der Waals surface area contributed by atoms with Crippen LogP contribution in [0.25, 0.3) is 5.69 Å². The molecule has 0 saturated heterocycles. The molecule has 0 saturated carbocycles. The van der Waals surface area contributed by atoms with Crippen LogP contribution in [0.2, 0.25) is 0 Å². The highest BCUT2D eigenvalue weighted by atomic mass is 32.1. The van der Waals surface area contributed by atoms with E-state index in [0.29, 0.717) is 10.5 Å². The van der Waals surface area contributed by atoms with Crippen LogP contribution in [0, 0.1) is 17.5 Å². The van der Waals surface area contributed by atoms with Crippen molar-refractivity contribution >= 4 is 12.2 Å². The Morgan fingerprint density at radius 3 is 2.64 bits per heavy atom. The van der Waals surface area contributed by atoms with E-state index in [2.05, 4.69) is 4.98 Å². The first-order valence-electron chi connectivity index (χ1n) is 4.21. The summed E-state index contributed by atoms with van der Waals surface area (Å²) in [5.41, 5.74) is 1.39. The number of aromatic amines is 1. The van der Waals surface area contributed by atoms with Gasteiger partial charge in [-0.3, -0.25) is 4.57 Å². The second kappa shape index (κ2) is 3.38. The molecule has 0 atom stereocenters. The van der Waals surface area contributed by atoms with Gasteiger partial charge in [-0.25, -0.2) is 4.39 Å². The third-order valence-corrected chi connectivity index (χ3v) is 2.26. The van der Waals surface area contributed by atoms with Crippen LogP contribution >= 0.6 is 12.2 Å². The number of imidazole rings is 1. The molecule has 0 radical (unpaired) electrons. The quantitative estimate of drug-likeness (QED) is 0.714. The van der Waals surface area contributed by atoms with E-state index in [1.54, 1.807) is 29.0 Å². The van der Waals surface area contributed by atoms with Crippen molar-refractivity contribution in [2.75, 3.05) is 0 Å². The first-order chi connectivity index (χ1) is 6.68. The van der Waals surface area contributed by atoms with Crippen LogP contribution in [0.1, 0.15) is 5.69 Å². The number of nitrogens with zero attached hydrogens (tertiary/aromatic N) is 1. The number of nitrogens with one attached hydrogen (secondary N) is 1. The van der Waals surface area contributed by atoms with Crippen LogP contribution in [0.5, 0.6) is 0 Å². The summed E-state index contributed by atoms with van der Waals surface area (Å²) in [5.74, 6) is -0.275. The number of para-hydroxylation sites is 1. The van der Waals surface area contributed by atoms with Crippen molar-refractivity contribution in [3.63, 3.8) is 0 Å². The lowest BCUT2D eigenvalue weighted by atomic mass is 10.3. The van der Waals surface area contributed by atoms with Crippen molar-refractivity contribution in [1.29, 1.82) is 0 Å². The minimum atomic E-state index is -0.275. The van der Waals surface area contributed by atoms with Crippen LogP contribution in [0.15, 0.2) is 30.5 Å². The molecule has 1 aromatic heterocycles. The molecule has 1 N–H and O–H groups in total. The van der Waals surface area contributed by atoms with E-state index >= 15 is 0 Å². The van der Waals surface area contributed by atoms with Crippen LogP contribution in [-0.4, -0.2) is 9.55 Å². The number of aryl methyl sites for hydroxylation is 1. The Kier molecular flexibility index (Phi) is 2.21. The first-order valence-corrected chi connectivity index (χ1v) is 4.62. The molecule has 0 aliphatic carbocycles. The van der Waals surface area contributed by atoms with Crippen LogP contribution < -0.4 is 0 Å². The third-order valence-electron chi connectivity index (χ3n) is 1.96.